The first-order valence-corrected chi connectivity index (χ1v) is 9.28. The van der Waals surface area contributed by atoms with E-state index in [1.54, 1.807) is 0 Å². The Labute approximate surface area is 160 Å². The van der Waals surface area contributed by atoms with Crippen LogP contribution in [0, 0.1) is 6.92 Å². The number of rotatable bonds is 4. The van der Waals surface area contributed by atoms with Crippen molar-refractivity contribution in [2.24, 2.45) is 4.99 Å². The zero-order valence-electron chi connectivity index (χ0n) is 15.3. The molecule has 26 heavy (non-hydrogen) atoms. The van der Waals surface area contributed by atoms with Gasteiger partial charge < -0.3 is 15.0 Å². The Morgan fingerprint density at radius 1 is 1.35 bits per heavy atom. The van der Waals surface area contributed by atoms with Gasteiger partial charge in [0, 0.05) is 26.3 Å². The SMILES string of the molecule is CN=C(NCCc1ccc(Cl)nc1)N1CCOC(c2ccccc2C)C1. The highest BCUT2D eigenvalue weighted by Crippen LogP contribution is 2.24. The monoisotopic (exact) mass is 372 g/mol. The van der Waals surface area contributed by atoms with E-state index in [2.05, 4.69) is 51.4 Å². The Bertz CT molecular complexity index is 748. The predicted octanol–water partition coefficient (Wildman–Crippen LogP) is 3.23. The molecule has 2 aromatic rings. The van der Waals surface area contributed by atoms with Gasteiger partial charge in [0.1, 0.15) is 11.3 Å². The average molecular weight is 373 g/mol. The van der Waals surface area contributed by atoms with Crippen LogP contribution in [0.4, 0.5) is 0 Å². The number of aryl methyl sites for hydroxylation is 1. The molecule has 1 aliphatic heterocycles. The number of ether oxygens (including phenoxy) is 1. The number of benzene rings is 1. The van der Waals surface area contributed by atoms with Crippen molar-refractivity contribution in [2.75, 3.05) is 33.3 Å². The van der Waals surface area contributed by atoms with Crippen LogP contribution in [0.25, 0.3) is 0 Å². The van der Waals surface area contributed by atoms with Gasteiger partial charge in [-0.2, -0.15) is 0 Å². The molecule has 0 bridgehead atoms. The van der Waals surface area contributed by atoms with Crippen LogP contribution in [0.5, 0.6) is 0 Å². The summed E-state index contributed by atoms with van der Waals surface area (Å²) in [6.07, 6.45) is 2.76. The molecule has 0 saturated carbocycles. The molecule has 0 amide bonds. The molecule has 1 N–H and O–H groups in total. The molecule has 2 heterocycles. The highest BCUT2D eigenvalue weighted by atomic mass is 35.5. The number of morpholine rings is 1. The van der Waals surface area contributed by atoms with Gasteiger partial charge >= 0.3 is 0 Å². The molecule has 1 atom stereocenters. The number of pyridine rings is 1. The molecule has 6 heteroatoms. The van der Waals surface area contributed by atoms with Crippen LogP contribution in [0.3, 0.4) is 0 Å². The lowest BCUT2D eigenvalue weighted by atomic mass is 10.0. The van der Waals surface area contributed by atoms with Gasteiger partial charge in [0.2, 0.25) is 0 Å². The van der Waals surface area contributed by atoms with E-state index >= 15 is 0 Å². The highest BCUT2D eigenvalue weighted by Gasteiger charge is 2.24. The van der Waals surface area contributed by atoms with Crippen molar-refractivity contribution in [1.29, 1.82) is 0 Å². The van der Waals surface area contributed by atoms with E-state index < -0.39 is 0 Å². The third kappa shape index (κ3) is 4.74. The number of nitrogens with one attached hydrogen (secondary N) is 1. The minimum atomic E-state index is 0.0731. The van der Waals surface area contributed by atoms with Crippen molar-refractivity contribution in [3.05, 3.63) is 64.4 Å². The van der Waals surface area contributed by atoms with Gasteiger partial charge in [0.15, 0.2) is 5.96 Å². The fourth-order valence-corrected chi connectivity index (χ4v) is 3.29. The van der Waals surface area contributed by atoms with Gasteiger partial charge in [-0.3, -0.25) is 4.99 Å². The zero-order chi connectivity index (χ0) is 18.4. The van der Waals surface area contributed by atoms with Crippen LogP contribution < -0.4 is 5.32 Å². The maximum absolute atomic E-state index is 6.01. The molecule has 0 spiro atoms. The lowest BCUT2D eigenvalue weighted by Crippen LogP contribution is -2.48. The van der Waals surface area contributed by atoms with Gasteiger partial charge in [-0.25, -0.2) is 4.98 Å². The highest BCUT2D eigenvalue weighted by molar-refractivity contribution is 6.29. The molecule has 0 aliphatic carbocycles. The molecule has 5 nitrogen and oxygen atoms in total. The van der Waals surface area contributed by atoms with Crippen molar-refractivity contribution < 1.29 is 4.74 Å². The van der Waals surface area contributed by atoms with Gasteiger partial charge in [0.25, 0.3) is 0 Å². The minimum Gasteiger partial charge on any atom is -0.370 e. The molecule has 1 aromatic heterocycles. The molecule has 1 aliphatic rings. The van der Waals surface area contributed by atoms with E-state index in [-0.39, 0.29) is 6.10 Å². The number of nitrogens with zero attached hydrogens (tertiary/aromatic N) is 3. The third-order valence-electron chi connectivity index (χ3n) is 4.60. The third-order valence-corrected chi connectivity index (χ3v) is 4.82. The molecule has 3 rings (SSSR count). The normalized spacial score (nSPS) is 18.0. The molecule has 1 fully saturated rings. The summed E-state index contributed by atoms with van der Waals surface area (Å²) in [5.41, 5.74) is 3.66. The summed E-state index contributed by atoms with van der Waals surface area (Å²) in [6.45, 7) is 5.26. The predicted molar refractivity (Wildman–Crippen MR) is 106 cm³/mol. The van der Waals surface area contributed by atoms with E-state index in [1.807, 2.05) is 25.4 Å². The second-order valence-corrected chi connectivity index (χ2v) is 6.76. The van der Waals surface area contributed by atoms with Crippen LogP contribution in [0.2, 0.25) is 5.15 Å². The van der Waals surface area contributed by atoms with Crippen molar-refractivity contribution >= 4 is 17.6 Å². The van der Waals surface area contributed by atoms with Gasteiger partial charge in [-0.05, 0) is 36.1 Å². The Hall–Kier alpha value is -2.11. The Morgan fingerprint density at radius 3 is 2.92 bits per heavy atom. The van der Waals surface area contributed by atoms with Crippen LogP contribution in [-0.4, -0.2) is 49.1 Å². The largest absolute Gasteiger partial charge is 0.370 e. The van der Waals surface area contributed by atoms with Crippen LogP contribution >= 0.6 is 11.6 Å². The Kier molecular flexibility index (Phi) is 6.47. The fraction of sp³-hybridized carbons (Fsp3) is 0.400. The standard InChI is InChI=1S/C20H25ClN4O/c1-15-5-3-4-6-17(15)18-14-25(11-12-26-18)20(22-2)23-10-9-16-7-8-19(21)24-13-16/h3-8,13,18H,9-12,14H2,1-2H3,(H,22,23). The van der Waals surface area contributed by atoms with Crippen LogP contribution in [0.15, 0.2) is 47.6 Å². The minimum absolute atomic E-state index is 0.0731. The van der Waals surface area contributed by atoms with Gasteiger partial charge in [-0.15, -0.1) is 0 Å². The maximum Gasteiger partial charge on any atom is 0.193 e. The first-order chi connectivity index (χ1) is 12.7. The molecule has 1 saturated heterocycles. The van der Waals surface area contributed by atoms with E-state index in [9.17, 15) is 0 Å². The van der Waals surface area contributed by atoms with E-state index in [0.29, 0.717) is 11.8 Å². The summed E-state index contributed by atoms with van der Waals surface area (Å²) >= 11 is 5.83. The second-order valence-electron chi connectivity index (χ2n) is 6.38. The number of hydrogen-bond donors (Lipinski definition) is 1. The van der Waals surface area contributed by atoms with E-state index in [4.69, 9.17) is 16.3 Å². The van der Waals surface area contributed by atoms with Crippen molar-refractivity contribution in [3.8, 4) is 0 Å². The molecular formula is C20H25ClN4O. The number of guanidine groups is 1. The Morgan fingerprint density at radius 2 is 2.19 bits per heavy atom. The molecule has 0 radical (unpaired) electrons. The summed E-state index contributed by atoms with van der Waals surface area (Å²) in [5, 5.41) is 3.97. The molecule has 1 unspecified atom stereocenters. The molecule has 138 valence electrons. The summed E-state index contributed by atoms with van der Waals surface area (Å²) in [6, 6.07) is 12.2. The summed E-state index contributed by atoms with van der Waals surface area (Å²) in [5.74, 6) is 0.911. The quantitative estimate of drug-likeness (QED) is 0.508. The molecular weight excluding hydrogens is 348 g/mol. The van der Waals surface area contributed by atoms with Crippen LogP contribution in [0.1, 0.15) is 22.8 Å². The maximum atomic E-state index is 6.01. The zero-order valence-corrected chi connectivity index (χ0v) is 16.0. The van der Waals surface area contributed by atoms with E-state index in [1.165, 1.54) is 11.1 Å². The van der Waals surface area contributed by atoms with E-state index in [0.717, 1.165) is 37.6 Å². The lowest BCUT2D eigenvalue weighted by Gasteiger charge is -2.35. The second kappa shape index (κ2) is 9.01. The van der Waals surface area contributed by atoms with Crippen molar-refractivity contribution in [3.63, 3.8) is 0 Å². The number of hydrogen-bond acceptors (Lipinski definition) is 3. The van der Waals surface area contributed by atoms with Gasteiger partial charge in [0.05, 0.1) is 13.2 Å². The Balaban J connectivity index is 1.57. The summed E-state index contributed by atoms with van der Waals surface area (Å²) in [7, 11) is 1.82. The summed E-state index contributed by atoms with van der Waals surface area (Å²) in [4.78, 5) is 10.8. The number of aliphatic imine (C=N–C) groups is 1. The average Bonchev–Trinajstić information content (AvgIpc) is 2.67. The lowest BCUT2D eigenvalue weighted by molar-refractivity contribution is -0.00829. The summed E-state index contributed by atoms with van der Waals surface area (Å²) < 4.78 is 6.01. The smallest absolute Gasteiger partial charge is 0.193 e. The van der Waals surface area contributed by atoms with Crippen LogP contribution in [-0.2, 0) is 11.2 Å². The first-order valence-electron chi connectivity index (χ1n) is 8.90. The number of aromatic nitrogens is 1. The fourth-order valence-electron chi connectivity index (χ4n) is 3.18. The first kappa shape index (κ1) is 18.7. The topological polar surface area (TPSA) is 49.8 Å². The van der Waals surface area contributed by atoms with Crippen molar-refractivity contribution in [1.82, 2.24) is 15.2 Å². The van der Waals surface area contributed by atoms with Gasteiger partial charge in [-0.1, -0.05) is 41.9 Å². The molecule has 1 aromatic carbocycles. The van der Waals surface area contributed by atoms with Crippen molar-refractivity contribution in [2.45, 2.75) is 19.4 Å². The number of halogens is 1.